The van der Waals surface area contributed by atoms with Crippen molar-refractivity contribution >= 4 is 27.0 Å². The number of anilines is 1. The summed E-state index contributed by atoms with van der Waals surface area (Å²) in [7, 11) is -1.99. The second-order valence-electron chi connectivity index (χ2n) is 5.15. The van der Waals surface area contributed by atoms with Gasteiger partial charge in [0.05, 0.1) is 24.7 Å². The van der Waals surface area contributed by atoms with Crippen LogP contribution in [0.1, 0.15) is 5.56 Å². The predicted molar refractivity (Wildman–Crippen MR) is 96.1 cm³/mol. The summed E-state index contributed by atoms with van der Waals surface area (Å²) in [6, 6.07) is 12.5. The molecule has 7 heteroatoms. The van der Waals surface area contributed by atoms with Gasteiger partial charge < -0.3 is 4.74 Å². The molecule has 124 valence electrons. The minimum absolute atomic E-state index is 0.287. The first-order valence-corrected chi connectivity index (χ1v) is 9.53. The Morgan fingerprint density at radius 1 is 1.17 bits per heavy atom. The van der Waals surface area contributed by atoms with Gasteiger partial charge in [-0.25, -0.2) is 8.42 Å². The van der Waals surface area contributed by atoms with Gasteiger partial charge >= 0.3 is 0 Å². The quantitative estimate of drug-likeness (QED) is 0.748. The molecule has 0 saturated carbocycles. The fourth-order valence-corrected chi connectivity index (χ4v) is 4.29. The van der Waals surface area contributed by atoms with E-state index in [0.717, 1.165) is 16.8 Å². The van der Waals surface area contributed by atoms with E-state index in [1.807, 2.05) is 31.2 Å². The molecule has 3 rings (SSSR count). The molecule has 0 aliphatic heterocycles. The number of rotatable bonds is 5. The first kappa shape index (κ1) is 16.5. The predicted octanol–water partition coefficient (Wildman–Crippen LogP) is 3.93. The Labute approximate surface area is 145 Å². The maximum atomic E-state index is 12.4. The van der Waals surface area contributed by atoms with E-state index in [0.29, 0.717) is 11.4 Å². The van der Waals surface area contributed by atoms with Gasteiger partial charge in [0, 0.05) is 5.56 Å². The van der Waals surface area contributed by atoms with Gasteiger partial charge in [0.25, 0.3) is 10.0 Å². The van der Waals surface area contributed by atoms with Crippen molar-refractivity contribution in [2.24, 2.45) is 0 Å². The van der Waals surface area contributed by atoms with Crippen molar-refractivity contribution in [3.05, 3.63) is 59.6 Å². The third-order valence-electron chi connectivity index (χ3n) is 3.51. The summed E-state index contributed by atoms with van der Waals surface area (Å²) >= 11 is 1.18. The molecule has 1 N–H and O–H groups in total. The summed E-state index contributed by atoms with van der Waals surface area (Å²) in [4.78, 5) is 4.34. The van der Waals surface area contributed by atoms with E-state index < -0.39 is 10.0 Å². The third-order valence-corrected chi connectivity index (χ3v) is 6.27. The minimum atomic E-state index is -3.57. The van der Waals surface area contributed by atoms with Crippen molar-refractivity contribution in [3.63, 3.8) is 0 Å². The summed E-state index contributed by atoms with van der Waals surface area (Å²) < 4.78 is 32.9. The van der Waals surface area contributed by atoms with Crippen LogP contribution in [0.4, 0.5) is 5.69 Å². The number of thiophene rings is 1. The maximum Gasteiger partial charge on any atom is 0.271 e. The normalized spacial score (nSPS) is 11.2. The van der Waals surface area contributed by atoms with Crippen molar-refractivity contribution in [2.45, 2.75) is 11.1 Å². The van der Waals surface area contributed by atoms with E-state index in [9.17, 15) is 8.42 Å². The zero-order chi connectivity index (χ0) is 17.2. The molecule has 2 aromatic heterocycles. The van der Waals surface area contributed by atoms with E-state index >= 15 is 0 Å². The monoisotopic (exact) mass is 360 g/mol. The molecule has 0 radical (unpaired) electrons. The summed E-state index contributed by atoms with van der Waals surface area (Å²) in [5.41, 5.74) is 2.95. The van der Waals surface area contributed by atoms with Gasteiger partial charge in [-0.15, -0.1) is 11.3 Å². The molecule has 0 fully saturated rings. The van der Waals surface area contributed by atoms with Crippen molar-refractivity contribution in [3.8, 4) is 17.0 Å². The topological polar surface area (TPSA) is 68.3 Å². The molecule has 0 aliphatic carbocycles. The highest BCUT2D eigenvalue weighted by atomic mass is 32.2. The zero-order valence-corrected chi connectivity index (χ0v) is 14.8. The molecule has 0 saturated heterocycles. The number of aromatic nitrogens is 1. The highest BCUT2D eigenvalue weighted by Gasteiger charge is 2.16. The van der Waals surface area contributed by atoms with Crippen molar-refractivity contribution < 1.29 is 13.2 Å². The molecule has 0 atom stereocenters. The van der Waals surface area contributed by atoms with Gasteiger partial charge in [-0.1, -0.05) is 18.2 Å². The number of nitrogens with zero attached hydrogens (tertiary/aromatic N) is 1. The summed E-state index contributed by atoms with van der Waals surface area (Å²) in [5.74, 6) is 0.671. The lowest BCUT2D eigenvalue weighted by Crippen LogP contribution is -2.12. The molecule has 3 aromatic rings. The number of aryl methyl sites for hydroxylation is 1. The number of hydrogen-bond acceptors (Lipinski definition) is 5. The Bertz CT molecular complexity index is 934. The summed E-state index contributed by atoms with van der Waals surface area (Å²) in [6.07, 6.45) is 1.63. The fraction of sp³-hybridized carbons (Fsp3) is 0.118. The molecular weight excluding hydrogens is 344 g/mol. The lowest BCUT2D eigenvalue weighted by molar-refractivity contribution is 0.413. The standard InChI is InChI=1S/C17H16N2O3S2/c1-12-5-6-13(15-8-7-14(22-2)11-18-15)10-16(12)19-24(20,21)17-4-3-9-23-17/h3-11,19H,1-2H3. The van der Waals surface area contributed by atoms with Gasteiger partial charge in [0.15, 0.2) is 0 Å². The van der Waals surface area contributed by atoms with Crippen molar-refractivity contribution in [1.82, 2.24) is 4.98 Å². The first-order chi connectivity index (χ1) is 11.5. The number of benzene rings is 1. The molecule has 0 aliphatic rings. The van der Waals surface area contributed by atoms with Crippen molar-refractivity contribution in [2.75, 3.05) is 11.8 Å². The second-order valence-corrected chi connectivity index (χ2v) is 8.01. The number of methoxy groups -OCH3 is 1. The van der Waals surface area contributed by atoms with E-state index in [1.54, 1.807) is 36.9 Å². The summed E-state index contributed by atoms with van der Waals surface area (Å²) in [5, 5.41) is 1.74. The van der Waals surface area contributed by atoms with Crippen LogP contribution in [0.2, 0.25) is 0 Å². The van der Waals surface area contributed by atoms with E-state index in [2.05, 4.69) is 9.71 Å². The molecule has 0 amide bonds. The molecule has 0 unspecified atom stereocenters. The lowest BCUT2D eigenvalue weighted by Gasteiger charge is -2.11. The van der Waals surface area contributed by atoms with Gasteiger partial charge in [-0.3, -0.25) is 9.71 Å². The molecule has 5 nitrogen and oxygen atoms in total. The smallest absolute Gasteiger partial charge is 0.271 e. The SMILES string of the molecule is COc1ccc(-c2ccc(C)c(NS(=O)(=O)c3cccs3)c2)nc1. The largest absolute Gasteiger partial charge is 0.495 e. The Balaban J connectivity index is 1.94. The Morgan fingerprint density at radius 3 is 2.62 bits per heavy atom. The van der Waals surface area contributed by atoms with Gasteiger partial charge in [0.2, 0.25) is 0 Å². The van der Waals surface area contributed by atoms with Crippen LogP contribution in [0.15, 0.2) is 58.3 Å². The Kier molecular flexibility index (Phi) is 4.55. The Hall–Kier alpha value is -2.38. The fourth-order valence-electron chi connectivity index (χ4n) is 2.17. The summed E-state index contributed by atoms with van der Waals surface area (Å²) in [6.45, 7) is 1.86. The highest BCUT2D eigenvalue weighted by molar-refractivity contribution is 7.94. The average Bonchev–Trinajstić information content (AvgIpc) is 3.12. The van der Waals surface area contributed by atoms with Crippen LogP contribution in [0, 0.1) is 6.92 Å². The molecule has 1 aromatic carbocycles. The van der Waals surface area contributed by atoms with Crippen LogP contribution >= 0.6 is 11.3 Å². The molecule has 2 heterocycles. The zero-order valence-electron chi connectivity index (χ0n) is 13.2. The minimum Gasteiger partial charge on any atom is -0.495 e. The first-order valence-electron chi connectivity index (χ1n) is 7.17. The number of pyridine rings is 1. The number of sulfonamides is 1. The number of nitrogens with one attached hydrogen (secondary N) is 1. The van der Waals surface area contributed by atoms with Crippen molar-refractivity contribution in [1.29, 1.82) is 0 Å². The third kappa shape index (κ3) is 3.42. The lowest BCUT2D eigenvalue weighted by atomic mass is 10.1. The van der Waals surface area contributed by atoms with Crippen LogP contribution in [0.25, 0.3) is 11.3 Å². The molecule has 24 heavy (non-hydrogen) atoms. The van der Waals surface area contributed by atoms with Crippen LogP contribution in [-0.4, -0.2) is 20.5 Å². The van der Waals surface area contributed by atoms with E-state index in [1.165, 1.54) is 11.3 Å². The number of hydrogen-bond donors (Lipinski definition) is 1. The van der Waals surface area contributed by atoms with Gasteiger partial charge in [-0.2, -0.15) is 0 Å². The average molecular weight is 360 g/mol. The number of ether oxygens (including phenoxy) is 1. The Morgan fingerprint density at radius 2 is 2.00 bits per heavy atom. The van der Waals surface area contributed by atoms with E-state index in [-0.39, 0.29) is 4.21 Å². The van der Waals surface area contributed by atoms with Crippen LogP contribution < -0.4 is 9.46 Å². The van der Waals surface area contributed by atoms with Crippen LogP contribution in [0.3, 0.4) is 0 Å². The van der Waals surface area contributed by atoms with Gasteiger partial charge in [0.1, 0.15) is 9.96 Å². The van der Waals surface area contributed by atoms with Crippen LogP contribution in [-0.2, 0) is 10.0 Å². The highest BCUT2D eigenvalue weighted by Crippen LogP contribution is 2.27. The second kappa shape index (κ2) is 6.62. The molecule has 0 spiro atoms. The maximum absolute atomic E-state index is 12.4. The molecule has 0 bridgehead atoms. The van der Waals surface area contributed by atoms with Gasteiger partial charge in [-0.05, 0) is 42.1 Å². The van der Waals surface area contributed by atoms with E-state index in [4.69, 9.17) is 4.74 Å². The molecular formula is C17H16N2O3S2. The van der Waals surface area contributed by atoms with Crippen LogP contribution in [0.5, 0.6) is 5.75 Å².